The van der Waals surface area contributed by atoms with E-state index in [9.17, 15) is 14.4 Å². The third kappa shape index (κ3) is 3.43. The van der Waals surface area contributed by atoms with Crippen molar-refractivity contribution in [1.29, 1.82) is 0 Å². The van der Waals surface area contributed by atoms with Crippen molar-refractivity contribution in [1.82, 2.24) is 10.2 Å². The molecule has 122 valence electrons. The van der Waals surface area contributed by atoms with E-state index in [4.69, 9.17) is 0 Å². The largest absolute Gasteiger partial charge is 0.353 e. The molecule has 24 heavy (non-hydrogen) atoms. The van der Waals surface area contributed by atoms with Crippen LogP contribution in [0, 0.1) is 0 Å². The minimum atomic E-state index is -0.285. The molecule has 2 N–H and O–H groups in total. The number of piperazine rings is 1. The summed E-state index contributed by atoms with van der Waals surface area (Å²) in [5.74, 6) is -0.735. The van der Waals surface area contributed by atoms with Crippen LogP contribution in [0.5, 0.6) is 0 Å². The van der Waals surface area contributed by atoms with Crippen LogP contribution in [0.2, 0.25) is 0 Å². The number of carbonyl (C=O) groups is 3. The first-order valence-corrected chi connectivity index (χ1v) is 7.66. The zero-order valence-corrected chi connectivity index (χ0v) is 13.0. The molecule has 0 aromatic heterocycles. The van der Waals surface area contributed by atoms with Gasteiger partial charge in [-0.25, -0.2) is 0 Å². The van der Waals surface area contributed by atoms with Crippen LogP contribution in [0.25, 0.3) is 0 Å². The summed E-state index contributed by atoms with van der Waals surface area (Å²) < 4.78 is 0. The first-order valence-electron chi connectivity index (χ1n) is 7.66. The molecular formula is C18H17N3O3. The van der Waals surface area contributed by atoms with Gasteiger partial charge in [-0.15, -0.1) is 0 Å². The molecule has 0 bridgehead atoms. The van der Waals surface area contributed by atoms with Crippen LogP contribution in [0.1, 0.15) is 20.7 Å². The average Bonchev–Trinajstić information content (AvgIpc) is 2.62. The van der Waals surface area contributed by atoms with Crippen molar-refractivity contribution in [3.05, 3.63) is 65.7 Å². The maximum absolute atomic E-state index is 12.7. The van der Waals surface area contributed by atoms with Crippen molar-refractivity contribution < 1.29 is 14.4 Å². The highest BCUT2D eigenvalue weighted by molar-refractivity contribution is 6.09. The lowest BCUT2D eigenvalue weighted by atomic mass is 10.1. The molecule has 1 saturated heterocycles. The summed E-state index contributed by atoms with van der Waals surface area (Å²) in [5, 5.41) is 5.46. The molecule has 1 aliphatic rings. The molecule has 3 amide bonds. The zero-order valence-electron chi connectivity index (χ0n) is 13.0. The predicted molar refractivity (Wildman–Crippen MR) is 89.8 cm³/mol. The Morgan fingerprint density at radius 2 is 1.71 bits per heavy atom. The van der Waals surface area contributed by atoms with Crippen LogP contribution < -0.4 is 10.6 Å². The average molecular weight is 323 g/mol. The minimum absolute atomic E-state index is 0.0276. The highest BCUT2D eigenvalue weighted by atomic mass is 16.2. The van der Waals surface area contributed by atoms with Gasteiger partial charge in [0.05, 0.1) is 17.8 Å². The predicted octanol–water partition coefficient (Wildman–Crippen LogP) is 1.51. The zero-order chi connectivity index (χ0) is 16.9. The van der Waals surface area contributed by atoms with Crippen LogP contribution in [-0.2, 0) is 4.79 Å². The van der Waals surface area contributed by atoms with E-state index in [1.165, 1.54) is 4.90 Å². The number of para-hydroxylation sites is 1. The Kier molecular flexibility index (Phi) is 4.56. The SMILES string of the molecule is O=C1CN(C(=O)c2ccccc2NC(=O)c2ccccc2)CCN1. The number of nitrogens with zero attached hydrogens (tertiary/aromatic N) is 1. The van der Waals surface area contributed by atoms with Gasteiger partial charge in [0.15, 0.2) is 0 Å². The molecule has 6 heteroatoms. The highest BCUT2D eigenvalue weighted by Gasteiger charge is 2.24. The summed E-state index contributed by atoms with van der Waals surface area (Å²) in [6, 6.07) is 15.6. The first kappa shape index (κ1) is 15.7. The van der Waals surface area contributed by atoms with Crippen LogP contribution in [0.3, 0.4) is 0 Å². The molecule has 0 atom stereocenters. The Morgan fingerprint density at radius 3 is 2.46 bits per heavy atom. The molecule has 0 aliphatic carbocycles. The second-order valence-electron chi connectivity index (χ2n) is 5.44. The topological polar surface area (TPSA) is 78.5 Å². The van der Waals surface area contributed by atoms with Gasteiger partial charge in [0.1, 0.15) is 0 Å². The normalized spacial score (nSPS) is 14.0. The lowest BCUT2D eigenvalue weighted by Gasteiger charge is -2.27. The monoisotopic (exact) mass is 323 g/mol. The molecule has 3 rings (SSSR count). The van der Waals surface area contributed by atoms with Gasteiger partial charge < -0.3 is 15.5 Å². The van der Waals surface area contributed by atoms with Crippen LogP contribution >= 0.6 is 0 Å². The van der Waals surface area contributed by atoms with Gasteiger partial charge in [0.25, 0.3) is 11.8 Å². The van der Waals surface area contributed by atoms with E-state index in [-0.39, 0.29) is 24.3 Å². The fraction of sp³-hybridized carbons (Fsp3) is 0.167. The van der Waals surface area contributed by atoms with Crippen molar-refractivity contribution in [3.63, 3.8) is 0 Å². The van der Waals surface area contributed by atoms with E-state index in [0.29, 0.717) is 29.9 Å². The van der Waals surface area contributed by atoms with E-state index in [0.717, 1.165) is 0 Å². The number of anilines is 1. The maximum atomic E-state index is 12.7. The summed E-state index contributed by atoms with van der Waals surface area (Å²) in [4.78, 5) is 38.0. The molecule has 0 saturated carbocycles. The fourth-order valence-electron chi connectivity index (χ4n) is 2.54. The van der Waals surface area contributed by atoms with Crippen molar-refractivity contribution in [2.75, 3.05) is 25.0 Å². The molecular weight excluding hydrogens is 306 g/mol. The quantitative estimate of drug-likeness (QED) is 0.899. The maximum Gasteiger partial charge on any atom is 0.256 e. The number of amides is 3. The van der Waals surface area contributed by atoms with Crippen LogP contribution in [0.4, 0.5) is 5.69 Å². The number of nitrogens with one attached hydrogen (secondary N) is 2. The van der Waals surface area contributed by atoms with Gasteiger partial charge >= 0.3 is 0 Å². The molecule has 0 unspecified atom stereocenters. The third-order valence-corrected chi connectivity index (χ3v) is 3.77. The van der Waals surface area contributed by atoms with Gasteiger partial charge in [-0.1, -0.05) is 30.3 Å². The van der Waals surface area contributed by atoms with E-state index in [1.807, 2.05) is 6.07 Å². The number of benzene rings is 2. The summed E-state index contributed by atoms with van der Waals surface area (Å²) in [6.07, 6.45) is 0. The second-order valence-corrected chi connectivity index (χ2v) is 5.44. The molecule has 1 heterocycles. The van der Waals surface area contributed by atoms with Gasteiger partial charge in [-0.3, -0.25) is 14.4 Å². The van der Waals surface area contributed by atoms with E-state index < -0.39 is 0 Å². The Balaban J connectivity index is 1.81. The summed E-state index contributed by atoms with van der Waals surface area (Å²) >= 11 is 0. The highest BCUT2D eigenvalue weighted by Crippen LogP contribution is 2.19. The lowest BCUT2D eigenvalue weighted by Crippen LogP contribution is -2.50. The van der Waals surface area contributed by atoms with Crippen molar-refractivity contribution >= 4 is 23.4 Å². The standard InChI is InChI=1S/C18H17N3O3/c22-16-12-21(11-10-19-16)18(24)14-8-4-5-9-15(14)20-17(23)13-6-2-1-3-7-13/h1-9H,10-12H2,(H,19,22)(H,20,23). The van der Waals surface area contributed by atoms with Crippen LogP contribution in [0.15, 0.2) is 54.6 Å². The van der Waals surface area contributed by atoms with Crippen molar-refractivity contribution in [2.45, 2.75) is 0 Å². The first-order chi connectivity index (χ1) is 11.6. The van der Waals surface area contributed by atoms with E-state index in [1.54, 1.807) is 48.5 Å². The lowest BCUT2D eigenvalue weighted by molar-refractivity contribution is -0.123. The van der Waals surface area contributed by atoms with Crippen molar-refractivity contribution in [2.24, 2.45) is 0 Å². The second kappa shape index (κ2) is 6.95. The number of hydrogen-bond acceptors (Lipinski definition) is 3. The Morgan fingerprint density at radius 1 is 1.00 bits per heavy atom. The van der Waals surface area contributed by atoms with Crippen molar-refractivity contribution in [3.8, 4) is 0 Å². The number of hydrogen-bond donors (Lipinski definition) is 2. The molecule has 6 nitrogen and oxygen atoms in total. The molecule has 1 aliphatic heterocycles. The van der Waals surface area contributed by atoms with Crippen LogP contribution in [-0.4, -0.2) is 42.3 Å². The molecule has 2 aromatic carbocycles. The van der Waals surface area contributed by atoms with Gasteiger partial charge in [-0.2, -0.15) is 0 Å². The summed E-state index contributed by atoms with van der Waals surface area (Å²) in [5.41, 5.74) is 1.32. The van der Waals surface area contributed by atoms with Gasteiger partial charge in [0.2, 0.25) is 5.91 Å². The smallest absolute Gasteiger partial charge is 0.256 e. The Labute approximate surface area is 139 Å². The molecule has 2 aromatic rings. The van der Waals surface area contributed by atoms with E-state index >= 15 is 0 Å². The molecule has 1 fully saturated rings. The third-order valence-electron chi connectivity index (χ3n) is 3.77. The van der Waals surface area contributed by atoms with Gasteiger partial charge in [0, 0.05) is 18.7 Å². The Bertz CT molecular complexity index is 774. The summed E-state index contributed by atoms with van der Waals surface area (Å²) in [7, 11) is 0. The van der Waals surface area contributed by atoms with Gasteiger partial charge in [-0.05, 0) is 24.3 Å². The van der Waals surface area contributed by atoms with E-state index in [2.05, 4.69) is 10.6 Å². The summed E-state index contributed by atoms with van der Waals surface area (Å²) in [6.45, 7) is 0.911. The molecule has 0 spiro atoms. The molecule has 0 radical (unpaired) electrons. The number of rotatable bonds is 3. The minimum Gasteiger partial charge on any atom is -0.353 e. The fourth-order valence-corrected chi connectivity index (χ4v) is 2.54. The number of carbonyl (C=O) groups excluding carboxylic acids is 3. The Hall–Kier alpha value is -3.15.